The van der Waals surface area contributed by atoms with Gasteiger partial charge in [-0.15, -0.1) is 0 Å². The summed E-state index contributed by atoms with van der Waals surface area (Å²) < 4.78 is 93.7. The van der Waals surface area contributed by atoms with Crippen LogP contribution < -0.4 is 5.32 Å². The number of benzene rings is 2. The maximum atomic E-state index is 14.9. The van der Waals surface area contributed by atoms with Crippen LogP contribution in [0.5, 0.6) is 0 Å². The Bertz CT molecular complexity index is 1490. The molecule has 1 aliphatic carbocycles. The molecule has 0 bridgehead atoms. The molecule has 6 nitrogen and oxygen atoms in total. The first kappa shape index (κ1) is 30.4. The van der Waals surface area contributed by atoms with Crippen molar-refractivity contribution in [3.8, 4) is 0 Å². The summed E-state index contributed by atoms with van der Waals surface area (Å²) in [5, 5.41) is 2.75. The van der Waals surface area contributed by atoms with Gasteiger partial charge in [0.05, 0.1) is 11.5 Å². The molecule has 2 saturated heterocycles. The number of sulfone groups is 1. The number of nitrogens with zero attached hydrogens (tertiary/aromatic N) is 1. The summed E-state index contributed by atoms with van der Waals surface area (Å²) in [6, 6.07) is 9.39. The minimum Gasteiger partial charge on any atom is -0.342 e. The first-order valence-electron chi connectivity index (χ1n) is 13.9. The maximum Gasteiger partial charge on any atom is 0.426 e. The second-order valence-electron chi connectivity index (χ2n) is 12.1. The third kappa shape index (κ3) is 5.20. The zero-order chi connectivity index (χ0) is 30.7. The van der Waals surface area contributed by atoms with Crippen LogP contribution >= 0.6 is 0 Å². The van der Waals surface area contributed by atoms with Crippen LogP contribution in [0.1, 0.15) is 61.8 Å². The molecule has 2 aromatic rings. The van der Waals surface area contributed by atoms with Crippen molar-refractivity contribution in [2.75, 3.05) is 18.1 Å². The Morgan fingerprint density at radius 1 is 1.02 bits per heavy atom. The van der Waals surface area contributed by atoms with E-state index in [1.54, 1.807) is 17.0 Å². The minimum atomic E-state index is -5.10. The van der Waals surface area contributed by atoms with Gasteiger partial charge in [-0.25, -0.2) is 17.2 Å². The zero-order valence-corrected chi connectivity index (χ0v) is 24.2. The lowest BCUT2D eigenvalue weighted by Gasteiger charge is -2.46. The van der Waals surface area contributed by atoms with Crippen molar-refractivity contribution in [1.29, 1.82) is 0 Å². The summed E-state index contributed by atoms with van der Waals surface area (Å²) in [7, 11) is -3.36. The SMILES string of the molecule is CC(=O)NC1(C(=O)N2CC[C@@]3(Cc4ccc(F)cc4)c4ccc(C(C)(F)C(F)(F)F)cc4CC[C@@H]23)CCS(=O)(=O)CC1. The molecular weight excluding hydrogens is 579 g/mol. The topological polar surface area (TPSA) is 83.6 Å². The summed E-state index contributed by atoms with van der Waals surface area (Å²) in [6.45, 7) is 2.04. The molecule has 228 valence electrons. The highest BCUT2D eigenvalue weighted by Crippen LogP contribution is 2.51. The fraction of sp³-hybridized carbons (Fsp3) is 0.533. The summed E-state index contributed by atoms with van der Waals surface area (Å²) in [5.74, 6) is -1.76. The lowest BCUT2D eigenvalue weighted by atomic mass is 9.63. The smallest absolute Gasteiger partial charge is 0.342 e. The Labute approximate surface area is 241 Å². The number of carbonyl (C=O) groups is 2. The Kier molecular flexibility index (Phi) is 7.47. The van der Waals surface area contributed by atoms with Crippen molar-refractivity contribution in [2.45, 2.75) is 81.2 Å². The molecule has 3 atom stereocenters. The first-order chi connectivity index (χ1) is 19.5. The van der Waals surface area contributed by atoms with E-state index >= 15 is 0 Å². The highest BCUT2D eigenvalue weighted by atomic mass is 32.2. The Hall–Kier alpha value is -3.02. The summed E-state index contributed by atoms with van der Waals surface area (Å²) >= 11 is 0. The van der Waals surface area contributed by atoms with Gasteiger partial charge in [0.2, 0.25) is 17.5 Å². The van der Waals surface area contributed by atoms with Gasteiger partial charge in [0.1, 0.15) is 11.4 Å². The molecule has 1 unspecified atom stereocenters. The van der Waals surface area contributed by atoms with Crippen molar-refractivity contribution in [3.63, 3.8) is 0 Å². The standard InChI is InChI=1S/C30H33F5N2O4S/c1-19(38)36-29(12-15-42(40,41)16-13-29)26(39)37-14-11-28(18-20-3-7-23(31)8-4-20)24-9-6-22(27(2,32)30(33,34)35)17-21(24)5-10-25(28)37/h3-4,6-9,17,25H,5,10-16,18H2,1-2H3,(H,36,38)/t25-,27?,28-/m1/s1. The van der Waals surface area contributed by atoms with E-state index in [1.165, 1.54) is 31.2 Å². The normalized spacial score (nSPS) is 26.1. The van der Waals surface area contributed by atoms with E-state index in [2.05, 4.69) is 5.32 Å². The van der Waals surface area contributed by atoms with E-state index in [0.717, 1.165) is 11.6 Å². The van der Waals surface area contributed by atoms with Crippen LogP contribution in [0.3, 0.4) is 0 Å². The number of carbonyl (C=O) groups excluding carboxylic acids is 2. The number of rotatable bonds is 5. The first-order valence-corrected chi connectivity index (χ1v) is 15.8. The number of alkyl halides is 4. The number of likely N-dealkylation sites (tertiary alicyclic amines) is 1. The molecule has 5 rings (SSSR count). The van der Waals surface area contributed by atoms with Crippen LogP contribution in [0.2, 0.25) is 0 Å². The monoisotopic (exact) mass is 612 g/mol. The molecule has 0 aromatic heterocycles. The van der Waals surface area contributed by atoms with Gasteiger partial charge in [0, 0.05) is 24.9 Å². The Morgan fingerprint density at radius 3 is 2.26 bits per heavy atom. The third-order valence-electron chi connectivity index (χ3n) is 9.41. The van der Waals surface area contributed by atoms with Crippen molar-refractivity contribution < 1.29 is 40.0 Å². The number of hydrogen-bond acceptors (Lipinski definition) is 4. The van der Waals surface area contributed by atoms with Crippen LogP contribution in [0.25, 0.3) is 0 Å². The van der Waals surface area contributed by atoms with Crippen molar-refractivity contribution in [1.82, 2.24) is 10.2 Å². The van der Waals surface area contributed by atoms with Crippen LogP contribution in [-0.4, -0.2) is 60.9 Å². The molecule has 2 aliphatic heterocycles. The van der Waals surface area contributed by atoms with E-state index in [9.17, 15) is 40.0 Å². The van der Waals surface area contributed by atoms with E-state index in [-0.39, 0.29) is 43.2 Å². The molecule has 2 aromatic carbocycles. The molecule has 2 amide bonds. The van der Waals surface area contributed by atoms with E-state index in [1.807, 2.05) is 0 Å². The predicted molar refractivity (Wildman–Crippen MR) is 146 cm³/mol. The van der Waals surface area contributed by atoms with Crippen LogP contribution in [0, 0.1) is 5.82 Å². The summed E-state index contributed by atoms with van der Waals surface area (Å²) in [6.07, 6.45) is -3.80. The number of halogens is 5. The molecule has 1 N–H and O–H groups in total. The average Bonchev–Trinajstić information content (AvgIpc) is 3.29. The molecule has 0 spiro atoms. The zero-order valence-electron chi connectivity index (χ0n) is 23.4. The summed E-state index contributed by atoms with van der Waals surface area (Å²) in [5.41, 5.74) is -4.18. The van der Waals surface area contributed by atoms with Gasteiger partial charge >= 0.3 is 6.18 Å². The fourth-order valence-electron chi connectivity index (χ4n) is 7.12. The van der Waals surface area contributed by atoms with Crippen molar-refractivity contribution in [3.05, 3.63) is 70.5 Å². The molecule has 3 aliphatic rings. The van der Waals surface area contributed by atoms with Crippen LogP contribution in [0.15, 0.2) is 42.5 Å². The lowest BCUT2D eigenvalue weighted by Crippen LogP contribution is -2.64. The van der Waals surface area contributed by atoms with Crippen molar-refractivity contribution >= 4 is 21.7 Å². The maximum absolute atomic E-state index is 14.9. The predicted octanol–water partition coefficient (Wildman–Crippen LogP) is 4.68. The van der Waals surface area contributed by atoms with E-state index < -0.39 is 56.0 Å². The third-order valence-corrected chi connectivity index (χ3v) is 11.1. The molecule has 42 heavy (non-hydrogen) atoms. The van der Waals surface area contributed by atoms with Crippen LogP contribution in [0.4, 0.5) is 22.0 Å². The molecule has 0 saturated carbocycles. The average molecular weight is 613 g/mol. The van der Waals surface area contributed by atoms with Crippen molar-refractivity contribution in [2.24, 2.45) is 0 Å². The number of fused-ring (bicyclic) bond motifs is 3. The summed E-state index contributed by atoms with van der Waals surface area (Å²) in [4.78, 5) is 28.1. The number of nitrogens with one attached hydrogen (secondary N) is 1. The molecule has 2 fully saturated rings. The number of amides is 2. The van der Waals surface area contributed by atoms with Gasteiger partial charge in [-0.3, -0.25) is 9.59 Å². The number of hydrogen-bond donors (Lipinski definition) is 1. The second-order valence-corrected chi connectivity index (χ2v) is 14.4. The molecular formula is C30H33F5N2O4S. The quantitative estimate of drug-likeness (QED) is 0.497. The van der Waals surface area contributed by atoms with Gasteiger partial charge in [-0.1, -0.05) is 30.3 Å². The molecule has 0 radical (unpaired) electrons. The van der Waals surface area contributed by atoms with E-state index in [0.29, 0.717) is 37.3 Å². The van der Waals surface area contributed by atoms with Gasteiger partial charge < -0.3 is 10.2 Å². The lowest BCUT2D eigenvalue weighted by molar-refractivity contribution is -0.228. The van der Waals surface area contributed by atoms with E-state index in [4.69, 9.17) is 0 Å². The van der Waals surface area contributed by atoms with Gasteiger partial charge in [-0.2, -0.15) is 13.2 Å². The highest BCUT2D eigenvalue weighted by molar-refractivity contribution is 7.91. The fourth-order valence-corrected chi connectivity index (χ4v) is 8.65. The molecule has 12 heteroatoms. The largest absolute Gasteiger partial charge is 0.426 e. The molecule has 2 heterocycles. The highest BCUT2D eigenvalue weighted by Gasteiger charge is 2.58. The minimum absolute atomic E-state index is 0.0611. The second kappa shape index (κ2) is 10.3. The van der Waals surface area contributed by atoms with Gasteiger partial charge in [0.25, 0.3) is 0 Å². The number of aryl methyl sites for hydroxylation is 1. The Morgan fingerprint density at radius 2 is 1.67 bits per heavy atom. The Balaban J connectivity index is 1.57. The van der Waals surface area contributed by atoms with Gasteiger partial charge in [0.15, 0.2) is 9.84 Å². The van der Waals surface area contributed by atoms with Crippen LogP contribution in [-0.2, 0) is 43.4 Å². The van der Waals surface area contributed by atoms with Gasteiger partial charge in [-0.05, 0) is 79.8 Å².